The van der Waals surface area contributed by atoms with Crippen molar-refractivity contribution < 1.29 is 4.21 Å². The number of guanidine groups is 1. The van der Waals surface area contributed by atoms with E-state index < -0.39 is 10.8 Å². The van der Waals surface area contributed by atoms with Gasteiger partial charge in [0.1, 0.15) is 0 Å². The Hall–Kier alpha value is -1.40. The Morgan fingerprint density at radius 2 is 2.00 bits per heavy atom. The molecule has 5 nitrogen and oxygen atoms in total. The van der Waals surface area contributed by atoms with Gasteiger partial charge in [-0.2, -0.15) is 0 Å². The zero-order valence-electron chi connectivity index (χ0n) is 18.1. The quantitative estimate of drug-likeness (QED) is 0.502. The molecule has 3 rings (SSSR count). The topological polar surface area (TPSA) is 56.7 Å². The average Bonchev–Trinajstić information content (AvgIpc) is 3.19. The van der Waals surface area contributed by atoms with Gasteiger partial charge < -0.3 is 10.6 Å². The second-order valence-electron chi connectivity index (χ2n) is 8.27. The van der Waals surface area contributed by atoms with Gasteiger partial charge in [0.25, 0.3) is 0 Å². The van der Waals surface area contributed by atoms with Gasteiger partial charge in [0, 0.05) is 47.0 Å². The highest BCUT2D eigenvalue weighted by Gasteiger charge is 2.27. The smallest absolute Gasteiger partial charge is 0.191 e. The van der Waals surface area contributed by atoms with Crippen LogP contribution in [-0.2, 0) is 17.3 Å². The first-order chi connectivity index (χ1) is 14.2. The fourth-order valence-corrected chi connectivity index (χ4v) is 5.94. The Kier molecular flexibility index (Phi) is 8.99. The molecule has 2 aliphatic rings. The molecule has 4 atom stereocenters. The molecule has 4 unspecified atom stereocenters. The minimum Gasteiger partial charge on any atom is -0.357 e. The van der Waals surface area contributed by atoms with E-state index in [4.69, 9.17) is 4.99 Å². The van der Waals surface area contributed by atoms with Crippen LogP contribution in [0.2, 0.25) is 0 Å². The number of hydrogen-bond donors (Lipinski definition) is 2. The largest absolute Gasteiger partial charge is 0.357 e. The molecule has 1 saturated carbocycles. The maximum absolute atomic E-state index is 12.2. The second-order valence-corrected chi connectivity index (χ2v) is 10.3. The van der Waals surface area contributed by atoms with Gasteiger partial charge in [0.2, 0.25) is 0 Å². The molecule has 0 amide bonds. The molecule has 2 N–H and O–H groups in total. The van der Waals surface area contributed by atoms with Crippen LogP contribution in [0.4, 0.5) is 0 Å². The van der Waals surface area contributed by atoms with E-state index in [0.29, 0.717) is 17.3 Å². The number of aliphatic imine (C=N–C) groups is 1. The molecule has 1 heterocycles. The standard InChI is InChI=1S/C23H38N4OS/c1-3-24-23(26-20-12-8-14-22(16-20)29(28)4-2)25-17-21-13-9-15-27(21)18-19-10-6-5-7-11-19/h5-7,10-11,20-22H,3-4,8-9,12-18H2,1-2H3,(H2,24,25,26). The summed E-state index contributed by atoms with van der Waals surface area (Å²) < 4.78 is 12.2. The van der Waals surface area contributed by atoms with Gasteiger partial charge in [-0.25, -0.2) is 0 Å². The molecule has 0 aromatic heterocycles. The molecule has 29 heavy (non-hydrogen) atoms. The molecular weight excluding hydrogens is 380 g/mol. The molecule has 1 aliphatic heterocycles. The van der Waals surface area contributed by atoms with Crippen molar-refractivity contribution in [3.8, 4) is 0 Å². The Labute approximate surface area is 179 Å². The van der Waals surface area contributed by atoms with Crippen LogP contribution in [0, 0.1) is 0 Å². The van der Waals surface area contributed by atoms with Crippen molar-refractivity contribution in [2.45, 2.75) is 76.3 Å². The number of likely N-dealkylation sites (tertiary alicyclic amines) is 1. The van der Waals surface area contributed by atoms with Crippen molar-refractivity contribution >= 4 is 16.8 Å². The Balaban J connectivity index is 1.56. The zero-order valence-corrected chi connectivity index (χ0v) is 18.9. The van der Waals surface area contributed by atoms with Crippen molar-refractivity contribution in [3.63, 3.8) is 0 Å². The summed E-state index contributed by atoms with van der Waals surface area (Å²) in [6, 6.07) is 11.6. The molecule has 0 bridgehead atoms. The van der Waals surface area contributed by atoms with Crippen LogP contribution < -0.4 is 10.6 Å². The van der Waals surface area contributed by atoms with Crippen molar-refractivity contribution in [2.24, 2.45) is 4.99 Å². The van der Waals surface area contributed by atoms with E-state index in [2.05, 4.69) is 52.8 Å². The molecule has 0 radical (unpaired) electrons. The highest BCUT2D eigenvalue weighted by atomic mass is 32.2. The highest BCUT2D eigenvalue weighted by Crippen LogP contribution is 2.23. The van der Waals surface area contributed by atoms with E-state index in [1.54, 1.807) is 0 Å². The predicted molar refractivity (Wildman–Crippen MR) is 124 cm³/mol. The van der Waals surface area contributed by atoms with Crippen molar-refractivity contribution in [1.82, 2.24) is 15.5 Å². The Bertz CT molecular complexity index is 666. The first-order valence-electron chi connectivity index (χ1n) is 11.4. The summed E-state index contributed by atoms with van der Waals surface area (Å²) in [4.78, 5) is 7.52. The maximum atomic E-state index is 12.2. The third-order valence-corrected chi connectivity index (χ3v) is 7.90. The van der Waals surface area contributed by atoms with Crippen molar-refractivity contribution in [2.75, 3.05) is 25.4 Å². The lowest BCUT2D eigenvalue weighted by Gasteiger charge is -2.30. The van der Waals surface area contributed by atoms with Crippen LogP contribution in [-0.4, -0.2) is 57.8 Å². The van der Waals surface area contributed by atoms with Crippen molar-refractivity contribution in [3.05, 3.63) is 35.9 Å². The lowest BCUT2D eigenvalue weighted by Crippen LogP contribution is -2.47. The summed E-state index contributed by atoms with van der Waals surface area (Å²) in [5, 5.41) is 7.40. The monoisotopic (exact) mass is 418 g/mol. The fourth-order valence-electron chi connectivity index (χ4n) is 4.59. The maximum Gasteiger partial charge on any atom is 0.191 e. The Morgan fingerprint density at radius 3 is 2.76 bits per heavy atom. The van der Waals surface area contributed by atoms with E-state index in [1.807, 2.05) is 6.92 Å². The molecule has 2 fully saturated rings. The van der Waals surface area contributed by atoms with Gasteiger partial charge in [0.15, 0.2) is 5.96 Å². The van der Waals surface area contributed by atoms with Crippen LogP contribution in [0.5, 0.6) is 0 Å². The van der Waals surface area contributed by atoms with E-state index in [9.17, 15) is 4.21 Å². The number of hydrogen-bond acceptors (Lipinski definition) is 3. The van der Waals surface area contributed by atoms with E-state index in [0.717, 1.165) is 63.6 Å². The number of nitrogens with zero attached hydrogens (tertiary/aromatic N) is 2. The third-order valence-electron chi connectivity index (χ3n) is 6.16. The number of benzene rings is 1. The predicted octanol–water partition coefficient (Wildman–Crippen LogP) is 3.29. The summed E-state index contributed by atoms with van der Waals surface area (Å²) >= 11 is 0. The second kappa shape index (κ2) is 11.7. The average molecular weight is 419 g/mol. The first kappa shape index (κ1) is 22.3. The van der Waals surface area contributed by atoms with Gasteiger partial charge in [-0.15, -0.1) is 0 Å². The first-order valence-corrected chi connectivity index (χ1v) is 12.8. The summed E-state index contributed by atoms with van der Waals surface area (Å²) in [5.41, 5.74) is 1.38. The third kappa shape index (κ3) is 6.82. The lowest BCUT2D eigenvalue weighted by molar-refractivity contribution is 0.250. The number of rotatable bonds is 8. The van der Waals surface area contributed by atoms with Crippen LogP contribution in [0.1, 0.15) is 57.9 Å². The fraction of sp³-hybridized carbons (Fsp3) is 0.696. The molecule has 1 aromatic rings. The Morgan fingerprint density at radius 1 is 1.17 bits per heavy atom. The van der Waals surface area contributed by atoms with Crippen LogP contribution >= 0.6 is 0 Å². The van der Waals surface area contributed by atoms with E-state index in [1.165, 1.54) is 18.4 Å². The molecule has 0 spiro atoms. The molecule has 162 valence electrons. The summed E-state index contributed by atoms with van der Waals surface area (Å²) in [5.74, 6) is 1.69. The van der Waals surface area contributed by atoms with Crippen LogP contribution in [0.25, 0.3) is 0 Å². The van der Waals surface area contributed by atoms with Gasteiger partial charge in [-0.3, -0.25) is 14.1 Å². The minimum absolute atomic E-state index is 0.338. The number of nitrogens with one attached hydrogen (secondary N) is 2. The summed E-state index contributed by atoms with van der Waals surface area (Å²) in [7, 11) is -0.690. The highest BCUT2D eigenvalue weighted by molar-refractivity contribution is 7.85. The molecule has 1 saturated heterocycles. The lowest BCUT2D eigenvalue weighted by atomic mass is 9.95. The molecular formula is C23H38N4OS. The van der Waals surface area contributed by atoms with Gasteiger partial charge in [-0.1, -0.05) is 43.7 Å². The molecule has 6 heteroatoms. The van der Waals surface area contributed by atoms with E-state index >= 15 is 0 Å². The normalized spacial score (nSPS) is 27.0. The SMILES string of the molecule is CCNC(=NCC1CCCN1Cc1ccccc1)NC1CCCC(S(=O)CC)C1. The van der Waals surface area contributed by atoms with E-state index in [-0.39, 0.29) is 0 Å². The van der Waals surface area contributed by atoms with Gasteiger partial charge in [0.05, 0.1) is 6.54 Å². The summed E-state index contributed by atoms with van der Waals surface area (Å²) in [6.07, 6.45) is 6.87. The van der Waals surface area contributed by atoms with Gasteiger partial charge in [-0.05, 0) is 51.1 Å². The summed E-state index contributed by atoms with van der Waals surface area (Å²) in [6.45, 7) is 8.01. The van der Waals surface area contributed by atoms with Crippen LogP contribution in [0.15, 0.2) is 35.3 Å². The van der Waals surface area contributed by atoms with Crippen LogP contribution in [0.3, 0.4) is 0 Å². The molecule has 1 aliphatic carbocycles. The van der Waals surface area contributed by atoms with Gasteiger partial charge >= 0.3 is 0 Å². The minimum atomic E-state index is -0.690. The van der Waals surface area contributed by atoms with Crippen molar-refractivity contribution in [1.29, 1.82) is 0 Å². The molecule has 1 aromatic carbocycles. The zero-order chi connectivity index (χ0) is 20.5.